The van der Waals surface area contributed by atoms with Gasteiger partial charge in [0.1, 0.15) is 0 Å². The molecule has 0 aromatic heterocycles. The summed E-state index contributed by atoms with van der Waals surface area (Å²) in [7, 11) is 1.63. The lowest BCUT2D eigenvalue weighted by atomic mass is 10.1. The number of amides is 2. The zero-order chi connectivity index (χ0) is 15.8. The van der Waals surface area contributed by atoms with E-state index in [4.69, 9.17) is 4.74 Å². The van der Waals surface area contributed by atoms with Crippen LogP contribution in [0.4, 0.5) is 10.5 Å². The number of hydrogen-bond donors (Lipinski definition) is 2. The van der Waals surface area contributed by atoms with Crippen molar-refractivity contribution < 1.29 is 14.6 Å². The number of carbonyl (C=O) groups is 1. The Bertz CT molecular complexity index is 430. The van der Waals surface area contributed by atoms with Crippen molar-refractivity contribution in [3.63, 3.8) is 0 Å². The SMILES string of the molecule is COCCN(CC(C)C)C(=O)Nc1ccc(C(C)O)cc1. The van der Waals surface area contributed by atoms with E-state index in [0.29, 0.717) is 25.6 Å². The van der Waals surface area contributed by atoms with Crippen LogP contribution in [0.25, 0.3) is 0 Å². The minimum Gasteiger partial charge on any atom is -0.389 e. The summed E-state index contributed by atoms with van der Waals surface area (Å²) < 4.78 is 5.05. The van der Waals surface area contributed by atoms with Crippen LogP contribution in [0.3, 0.4) is 0 Å². The fourth-order valence-corrected chi connectivity index (χ4v) is 1.97. The van der Waals surface area contributed by atoms with E-state index in [2.05, 4.69) is 19.2 Å². The molecule has 5 heteroatoms. The molecule has 0 heterocycles. The first-order valence-electron chi connectivity index (χ1n) is 7.27. The normalized spacial score (nSPS) is 12.3. The van der Waals surface area contributed by atoms with Crippen LogP contribution < -0.4 is 5.32 Å². The van der Waals surface area contributed by atoms with E-state index in [0.717, 1.165) is 11.3 Å². The van der Waals surface area contributed by atoms with Crippen molar-refractivity contribution in [2.24, 2.45) is 5.92 Å². The van der Waals surface area contributed by atoms with E-state index in [-0.39, 0.29) is 6.03 Å². The Kier molecular flexibility index (Phi) is 7.19. The summed E-state index contributed by atoms with van der Waals surface area (Å²) in [6.07, 6.45) is -0.506. The number of benzene rings is 1. The van der Waals surface area contributed by atoms with Gasteiger partial charge in [-0.25, -0.2) is 4.79 Å². The van der Waals surface area contributed by atoms with Crippen LogP contribution in [0.1, 0.15) is 32.4 Å². The topological polar surface area (TPSA) is 61.8 Å². The summed E-state index contributed by atoms with van der Waals surface area (Å²) in [6, 6.07) is 7.07. The summed E-state index contributed by atoms with van der Waals surface area (Å²) >= 11 is 0. The summed E-state index contributed by atoms with van der Waals surface area (Å²) in [6.45, 7) is 7.62. The van der Waals surface area contributed by atoms with Crippen LogP contribution >= 0.6 is 0 Å². The van der Waals surface area contributed by atoms with Gasteiger partial charge < -0.3 is 20.1 Å². The van der Waals surface area contributed by atoms with Crippen molar-refractivity contribution in [1.29, 1.82) is 0 Å². The summed E-state index contributed by atoms with van der Waals surface area (Å²) in [5, 5.41) is 12.3. The van der Waals surface area contributed by atoms with E-state index in [1.165, 1.54) is 0 Å². The Morgan fingerprint density at radius 2 is 1.90 bits per heavy atom. The predicted octanol–water partition coefficient (Wildman–Crippen LogP) is 2.88. The van der Waals surface area contributed by atoms with Crippen molar-refractivity contribution in [3.8, 4) is 0 Å². The molecule has 0 aliphatic rings. The van der Waals surface area contributed by atoms with Gasteiger partial charge >= 0.3 is 6.03 Å². The highest BCUT2D eigenvalue weighted by Gasteiger charge is 2.14. The van der Waals surface area contributed by atoms with Crippen molar-refractivity contribution >= 4 is 11.7 Å². The lowest BCUT2D eigenvalue weighted by Crippen LogP contribution is -2.39. The molecule has 1 unspecified atom stereocenters. The minimum absolute atomic E-state index is 0.134. The van der Waals surface area contributed by atoms with Gasteiger partial charge in [-0.1, -0.05) is 26.0 Å². The van der Waals surface area contributed by atoms with Crippen molar-refractivity contribution in [2.75, 3.05) is 32.1 Å². The minimum atomic E-state index is -0.506. The van der Waals surface area contributed by atoms with Crippen LogP contribution in [-0.2, 0) is 4.74 Å². The Morgan fingerprint density at radius 1 is 1.29 bits per heavy atom. The molecule has 2 N–H and O–H groups in total. The molecule has 5 nitrogen and oxygen atoms in total. The molecule has 0 bridgehead atoms. The van der Waals surface area contributed by atoms with Gasteiger partial charge in [-0.15, -0.1) is 0 Å². The Hall–Kier alpha value is -1.59. The lowest BCUT2D eigenvalue weighted by molar-refractivity contribution is 0.150. The van der Waals surface area contributed by atoms with Crippen LogP contribution in [0.5, 0.6) is 0 Å². The first-order valence-corrected chi connectivity index (χ1v) is 7.27. The third-order valence-corrected chi connectivity index (χ3v) is 3.08. The first-order chi connectivity index (χ1) is 9.93. The van der Waals surface area contributed by atoms with Gasteiger partial charge in [0.25, 0.3) is 0 Å². The van der Waals surface area contributed by atoms with Gasteiger partial charge in [0, 0.05) is 25.9 Å². The van der Waals surface area contributed by atoms with Gasteiger partial charge in [0.15, 0.2) is 0 Å². The Morgan fingerprint density at radius 3 is 2.38 bits per heavy atom. The highest BCUT2D eigenvalue weighted by Crippen LogP contribution is 2.16. The number of methoxy groups -OCH3 is 1. The average molecular weight is 294 g/mol. The molecule has 21 heavy (non-hydrogen) atoms. The zero-order valence-corrected chi connectivity index (χ0v) is 13.3. The number of aliphatic hydroxyl groups excluding tert-OH is 1. The fraction of sp³-hybridized carbons (Fsp3) is 0.562. The molecule has 0 fully saturated rings. The zero-order valence-electron chi connectivity index (χ0n) is 13.3. The highest BCUT2D eigenvalue weighted by atomic mass is 16.5. The smallest absolute Gasteiger partial charge is 0.321 e. The van der Waals surface area contributed by atoms with Crippen LogP contribution in [0.15, 0.2) is 24.3 Å². The van der Waals surface area contributed by atoms with Crippen LogP contribution in [-0.4, -0.2) is 42.8 Å². The van der Waals surface area contributed by atoms with Gasteiger partial charge in [-0.3, -0.25) is 0 Å². The molecule has 1 aromatic carbocycles. The average Bonchev–Trinajstić information content (AvgIpc) is 2.43. The quantitative estimate of drug-likeness (QED) is 0.813. The van der Waals surface area contributed by atoms with E-state index < -0.39 is 6.10 Å². The molecule has 0 aliphatic heterocycles. The van der Waals surface area contributed by atoms with E-state index in [1.54, 1.807) is 31.1 Å². The number of nitrogens with one attached hydrogen (secondary N) is 1. The van der Waals surface area contributed by atoms with E-state index >= 15 is 0 Å². The predicted molar refractivity (Wildman–Crippen MR) is 84.4 cm³/mol. The summed E-state index contributed by atoms with van der Waals surface area (Å²) in [4.78, 5) is 14.0. The molecule has 1 aromatic rings. The molecule has 0 aliphatic carbocycles. The Labute approximate surface area is 126 Å². The number of urea groups is 1. The number of carbonyl (C=O) groups excluding carboxylic acids is 1. The van der Waals surface area contributed by atoms with Crippen molar-refractivity contribution in [2.45, 2.75) is 26.9 Å². The molecule has 0 saturated carbocycles. The maximum Gasteiger partial charge on any atom is 0.321 e. The maximum atomic E-state index is 12.3. The molecule has 0 saturated heterocycles. The number of rotatable bonds is 7. The standard InChI is InChI=1S/C16H26N2O3/c1-12(2)11-18(9-10-21-4)16(20)17-15-7-5-14(6-8-15)13(3)19/h5-8,12-13,19H,9-11H2,1-4H3,(H,17,20). The lowest BCUT2D eigenvalue weighted by Gasteiger charge is -2.24. The van der Waals surface area contributed by atoms with Crippen molar-refractivity contribution in [3.05, 3.63) is 29.8 Å². The number of nitrogens with zero attached hydrogens (tertiary/aromatic N) is 1. The number of aliphatic hydroxyl groups is 1. The second-order valence-corrected chi connectivity index (χ2v) is 5.56. The third kappa shape index (κ3) is 6.14. The molecule has 0 spiro atoms. The summed E-state index contributed by atoms with van der Waals surface area (Å²) in [5.41, 5.74) is 1.54. The fourth-order valence-electron chi connectivity index (χ4n) is 1.97. The molecule has 0 radical (unpaired) electrons. The maximum absolute atomic E-state index is 12.3. The van der Waals surface area contributed by atoms with E-state index in [1.807, 2.05) is 12.1 Å². The van der Waals surface area contributed by atoms with Gasteiger partial charge in [0.2, 0.25) is 0 Å². The molecule has 2 amide bonds. The molecule has 118 valence electrons. The van der Waals surface area contributed by atoms with Crippen LogP contribution in [0.2, 0.25) is 0 Å². The largest absolute Gasteiger partial charge is 0.389 e. The molecule has 1 atom stereocenters. The second kappa shape index (κ2) is 8.64. The van der Waals surface area contributed by atoms with Gasteiger partial charge in [-0.05, 0) is 30.5 Å². The molecule has 1 rings (SSSR count). The van der Waals surface area contributed by atoms with Crippen molar-refractivity contribution in [1.82, 2.24) is 4.90 Å². The van der Waals surface area contributed by atoms with Gasteiger partial charge in [0.05, 0.1) is 12.7 Å². The number of ether oxygens (including phenoxy) is 1. The van der Waals surface area contributed by atoms with Gasteiger partial charge in [-0.2, -0.15) is 0 Å². The van der Waals surface area contributed by atoms with E-state index in [9.17, 15) is 9.90 Å². The first kappa shape index (κ1) is 17.5. The van der Waals surface area contributed by atoms with Crippen LogP contribution in [0, 0.1) is 5.92 Å². The monoisotopic (exact) mass is 294 g/mol. The molecular weight excluding hydrogens is 268 g/mol. The highest BCUT2D eigenvalue weighted by molar-refractivity contribution is 5.89. The summed E-state index contributed by atoms with van der Waals surface area (Å²) in [5.74, 6) is 0.394. The number of anilines is 1. The third-order valence-electron chi connectivity index (χ3n) is 3.08. The Balaban J connectivity index is 2.66. The second-order valence-electron chi connectivity index (χ2n) is 5.56. The molecular formula is C16H26N2O3. The number of hydrogen-bond acceptors (Lipinski definition) is 3.